The minimum atomic E-state index is -0.600. The smallest absolute Gasteiger partial charge is 0.146 e. The molecule has 2 rings (SSSR count). The summed E-state index contributed by atoms with van der Waals surface area (Å²) in [7, 11) is 0. The molecule has 0 saturated carbocycles. The topological polar surface area (TPSA) is 15.3 Å². The Morgan fingerprint density at radius 1 is 1.35 bits per heavy atom. The molecule has 17 heavy (non-hydrogen) atoms. The Hall–Kier alpha value is -0.710. The fourth-order valence-corrected chi connectivity index (χ4v) is 2.33. The second-order valence-corrected chi connectivity index (χ2v) is 4.51. The molecule has 0 radical (unpaired) electrons. The van der Waals surface area contributed by atoms with Crippen molar-refractivity contribution < 1.29 is 8.78 Å². The van der Waals surface area contributed by atoms with Gasteiger partial charge in [0.2, 0.25) is 0 Å². The van der Waals surface area contributed by atoms with Crippen molar-refractivity contribution in [1.82, 2.24) is 10.2 Å². The quantitative estimate of drug-likeness (QED) is 0.898. The fraction of sp³-hybridized carbons (Fsp3) is 0.500. The molecule has 1 atom stereocenters. The van der Waals surface area contributed by atoms with Crippen molar-refractivity contribution in [3.8, 4) is 0 Å². The third kappa shape index (κ3) is 2.76. The van der Waals surface area contributed by atoms with Gasteiger partial charge in [0.15, 0.2) is 0 Å². The molecule has 0 bridgehead atoms. The zero-order chi connectivity index (χ0) is 12.3. The lowest BCUT2D eigenvalue weighted by Gasteiger charge is -2.33. The van der Waals surface area contributed by atoms with E-state index in [2.05, 4.69) is 5.32 Å². The van der Waals surface area contributed by atoms with Crippen LogP contribution in [-0.4, -0.2) is 37.8 Å². The summed E-state index contributed by atoms with van der Waals surface area (Å²) in [5.74, 6) is -0.504. The van der Waals surface area contributed by atoms with Crippen molar-refractivity contribution in [2.24, 2.45) is 0 Å². The lowest BCUT2D eigenvalue weighted by Crippen LogP contribution is -2.45. The summed E-state index contributed by atoms with van der Waals surface area (Å²) in [6.45, 7) is 2.45. The zero-order valence-electron chi connectivity index (χ0n) is 9.43. The van der Waals surface area contributed by atoms with Gasteiger partial charge in [-0.1, -0.05) is 23.7 Å². The van der Waals surface area contributed by atoms with E-state index in [4.69, 9.17) is 11.6 Å². The molecule has 1 aliphatic rings. The van der Waals surface area contributed by atoms with E-state index in [1.807, 2.05) is 4.90 Å². The number of nitrogens with zero attached hydrogens (tertiary/aromatic N) is 1. The summed E-state index contributed by atoms with van der Waals surface area (Å²) >= 11 is 5.73. The van der Waals surface area contributed by atoms with E-state index in [-0.39, 0.29) is 5.02 Å². The van der Waals surface area contributed by atoms with E-state index in [1.165, 1.54) is 6.07 Å². The molecule has 5 heteroatoms. The molecule has 1 aromatic carbocycles. The second-order valence-electron chi connectivity index (χ2n) is 4.10. The highest BCUT2D eigenvalue weighted by Crippen LogP contribution is 2.28. The SMILES string of the molecule is FC[C@@H](c1cccc(Cl)c1F)N1CCNCC1. The normalized spacial score (nSPS) is 19.2. The van der Waals surface area contributed by atoms with E-state index in [1.54, 1.807) is 12.1 Å². The first kappa shape index (κ1) is 12.7. The molecule has 0 unspecified atom stereocenters. The molecule has 1 fully saturated rings. The van der Waals surface area contributed by atoms with Crippen molar-refractivity contribution in [2.75, 3.05) is 32.9 Å². The monoisotopic (exact) mass is 260 g/mol. The first-order chi connectivity index (χ1) is 8.24. The predicted molar refractivity (Wildman–Crippen MR) is 64.6 cm³/mol. The van der Waals surface area contributed by atoms with Crippen LogP contribution >= 0.6 is 11.6 Å². The van der Waals surface area contributed by atoms with Gasteiger partial charge < -0.3 is 5.32 Å². The number of nitrogens with one attached hydrogen (secondary N) is 1. The van der Waals surface area contributed by atoms with Crippen LogP contribution in [0.4, 0.5) is 8.78 Å². The summed E-state index contributed by atoms with van der Waals surface area (Å²) < 4.78 is 27.0. The fourth-order valence-electron chi connectivity index (χ4n) is 2.15. The van der Waals surface area contributed by atoms with Crippen LogP contribution in [0.5, 0.6) is 0 Å². The van der Waals surface area contributed by atoms with Gasteiger partial charge in [-0.25, -0.2) is 8.78 Å². The van der Waals surface area contributed by atoms with Crippen molar-refractivity contribution >= 4 is 11.6 Å². The van der Waals surface area contributed by atoms with Crippen LogP contribution < -0.4 is 5.32 Å². The predicted octanol–water partition coefficient (Wildman–Crippen LogP) is 2.39. The van der Waals surface area contributed by atoms with Crippen LogP contribution in [0.2, 0.25) is 5.02 Å². The molecule has 94 valence electrons. The van der Waals surface area contributed by atoms with Crippen LogP contribution in [-0.2, 0) is 0 Å². The highest BCUT2D eigenvalue weighted by Gasteiger charge is 2.25. The van der Waals surface area contributed by atoms with Gasteiger partial charge in [-0.2, -0.15) is 0 Å². The lowest BCUT2D eigenvalue weighted by molar-refractivity contribution is 0.144. The number of hydrogen-bond donors (Lipinski definition) is 1. The highest BCUT2D eigenvalue weighted by molar-refractivity contribution is 6.30. The van der Waals surface area contributed by atoms with Gasteiger partial charge in [0, 0.05) is 31.7 Å². The maximum atomic E-state index is 13.9. The molecule has 1 aliphatic heterocycles. The maximum Gasteiger partial charge on any atom is 0.146 e. The van der Waals surface area contributed by atoms with Crippen LogP contribution in [0.25, 0.3) is 0 Å². The highest BCUT2D eigenvalue weighted by atomic mass is 35.5. The molecular weight excluding hydrogens is 246 g/mol. The van der Waals surface area contributed by atoms with E-state index in [9.17, 15) is 8.78 Å². The molecular formula is C12H15ClF2N2. The van der Waals surface area contributed by atoms with Crippen molar-refractivity contribution in [1.29, 1.82) is 0 Å². The van der Waals surface area contributed by atoms with Gasteiger partial charge in [0.1, 0.15) is 12.5 Å². The first-order valence-corrected chi connectivity index (χ1v) is 6.06. The first-order valence-electron chi connectivity index (χ1n) is 5.68. The van der Waals surface area contributed by atoms with Crippen LogP contribution in [0.1, 0.15) is 11.6 Å². The Bertz CT molecular complexity index is 381. The average molecular weight is 261 g/mol. The number of piperazine rings is 1. The summed E-state index contributed by atoms with van der Waals surface area (Å²) in [4.78, 5) is 1.95. The van der Waals surface area contributed by atoms with Crippen molar-refractivity contribution in [3.63, 3.8) is 0 Å². The van der Waals surface area contributed by atoms with Crippen LogP contribution in [0, 0.1) is 5.82 Å². The Kier molecular flexibility index (Phi) is 4.31. The van der Waals surface area contributed by atoms with Gasteiger partial charge in [-0.15, -0.1) is 0 Å². The largest absolute Gasteiger partial charge is 0.314 e. The standard InChI is InChI=1S/C12H15ClF2N2/c13-10-3-1-2-9(12(10)15)11(8-14)17-6-4-16-5-7-17/h1-3,11,16H,4-8H2/t11-/m0/s1. The molecule has 1 heterocycles. The minimum Gasteiger partial charge on any atom is -0.314 e. The summed E-state index contributed by atoms with van der Waals surface area (Å²) in [6, 6.07) is 4.21. The molecule has 0 spiro atoms. The van der Waals surface area contributed by atoms with E-state index in [0.29, 0.717) is 5.56 Å². The Morgan fingerprint density at radius 2 is 2.06 bits per heavy atom. The van der Waals surface area contributed by atoms with Gasteiger partial charge in [0.25, 0.3) is 0 Å². The van der Waals surface area contributed by atoms with Gasteiger partial charge >= 0.3 is 0 Å². The number of hydrogen-bond acceptors (Lipinski definition) is 2. The molecule has 0 aromatic heterocycles. The van der Waals surface area contributed by atoms with Crippen molar-refractivity contribution in [3.05, 3.63) is 34.6 Å². The van der Waals surface area contributed by atoms with E-state index in [0.717, 1.165) is 26.2 Å². The van der Waals surface area contributed by atoms with Crippen molar-refractivity contribution in [2.45, 2.75) is 6.04 Å². The lowest BCUT2D eigenvalue weighted by atomic mass is 10.0. The number of rotatable bonds is 3. The average Bonchev–Trinajstić information content (AvgIpc) is 2.37. The summed E-state index contributed by atoms with van der Waals surface area (Å²) in [5.41, 5.74) is 0.349. The van der Waals surface area contributed by atoms with E-state index >= 15 is 0 Å². The Labute approximate surface area is 105 Å². The zero-order valence-corrected chi connectivity index (χ0v) is 10.2. The second kappa shape index (κ2) is 5.76. The third-order valence-corrected chi connectivity index (χ3v) is 3.37. The van der Waals surface area contributed by atoms with Crippen LogP contribution in [0.3, 0.4) is 0 Å². The third-order valence-electron chi connectivity index (χ3n) is 3.08. The maximum absolute atomic E-state index is 13.9. The molecule has 1 saturated heterocycles. The Morgan fingerprint density at radius 3 is 2.71 bits per heavy atom. The van der Waals surface area contributed by atoms with Gasteiger partial charge in [-0.3, -0.25) is 4.90 Å². The molecule has 0 amide bonds. The van der Waals surface area contributed by atoms with Gasteiger partial charge in [-0.05, 0) is 6.07 Å². The molecule has 1 N–H and O–H groups in total. The molecule has 2 nitrogen and oxygen atoms in total. The number of benzene rings is 1. The van der Waals surface area contributed by atoms with Gasteiger partial charge in [0.05, 0.1) is 11.1 Å². The minimum absolute atomic E-state index is 0.0519. The number of alkyl halides is 1. The summed E-state index contributed by atoms with van der Waals surface area (Å²) in [5, 5.41) is 3.24. The Balaban J connectivity index is 2.24. The molecule has 1 aromatic rings. The molecule has 0 aliphatic carbocycles. The van der Waals surface area contributed by atoms with Crippen LogP contribution in [0.15, 0.2) is 18.2 Å². The number of halogens is 3. The van der Waals surface area contributed by atoms with E-state index < -0.39 is 18.5 Å². The summed E-state index contributed by atoms with van der Waals surface area (Å²) in [6.07, 6.45) is 0.